The summed E-state index contributed by atoms with van der Waals surface area (Å²) in [5, 5.41) is 1.06. The van der Waals surface area contributed by atoms with Crippen LogP contribution in [0.2, 0.25) is 0 Å². The van der Waals surface area contributed by atoms with Crippen molar-refractivity contribution in [3.63, 3.8) is 0 Å². The molecule has 2 heterocycles. The van der Waals surface area contributed by atoms with Crippen LogP contribution in [-0.4, -0.2) is 9.97 Å². The molecule has 0 radical (unpaired) electrons. The lowest BCUT2D eigenvalue weighted by Crippen LogP contribution is -1.89. The summed E-state index contributed by atoms with van der Waals surface area (Å²) >= 11 is 0. The Morgan fingerprint density at radius 2 is 2.09 bits per heavy atom. The number of fused-ring (bicyclic) bond motifs is 1. The summed E-state index contributed by atoms with van der Waals surface area (Å²) < 4.78 is 0. The molecule has 0 saturated heterocycles. The molecule has 0 aliphatic carbocycles. The molecule has 2 aromatic heterocycles. The Labute approximate surface area is 63.9 Å². The quantitative estimate of drug-likeness (QED) is 0.606. The number of hydrogen-bond acceptors (Lipinski definition) is 3. The van der Waals surface area contributed by atoms with Gasteiger partial charge in [-0.15, -0.1) is 0 Å². The van der Waals surface area contributed by atoms with Crippen LogP contribution in [0.5, 0.6) is 0 Å². The SMILES string of the molecule is Nc1ccc2ccncc2n1. The summed E-state index contributed by atoms with van der Waals surface area (Å²) in [5.74, 6) is 0.533. The van der Waals surface area contributed by atoms with Crippen LogP contribution in [0.4, 0.5) is 5.82 Å². The number of aromatic nitrogens is 2. The van der Waals surface area contributed by atoms with Gasteiger partial charge < -0.3 is 5.73 Å². The van der Waals surface area contributed by atoms with Crippen LogP contribution in [0.3, 0.4) is 0 Å². The van der Waals surface area contributed by atoms with E-state index in [0.717, 1.165) is 10.9 Å². The normalized spacial score (nSPS) is 10.2. The van der Waals surface area contributed by atoms with Crippen LogP contribution in [0.1, 0.15) is 0 Å². The van der Waals surface area contributed by atoms with Gasteiger partial charge in [-0.05, 0) is 18.2 Å². The molecular formula is C8H7N3. The Morgan fingerprint density at radius 3 is 3.00 bits per heavy atom. The van der Waals surface area contributed by atoms with E-state index in [9.17, 15) is 0 Å². The topological polar surface area (TPSA) is 51.8 Å². The Balaban J connectivity index is 2.83. The Morgan fingerprint density at radius 1 is 1.18 bits per heavy atom. The highest BCUT2D eigenvalue weighted by atomic mass is 14.8. The monoisotopic (exact) mass is 145 g/mol. The number of rotatable bonds is 0. The molecule has 3 heteroatoms. The van der Waals surface area contributed by atoms with E-state index in [-0.39, 0.29) is 0 Å². The van der Waals surface area contributed by atoms with Gasteiger partial charge in [0.2, 0.25) is 0 Å². The van der Waals surface area contributed by atoms with E-state index in [1.54, 1.807) is 18.5 Å². The van der Waals surface area contributed by atoms with Crippen LogP contribution >= 0.6 is 0 Å². The third-order valence-electron chi connectivity index (χ3n) is 1.52. The average molecular weight is 145 g/mol. The second-order valence-corrected chi connectivity index (χ2v) is 2.30. The van der Waals surface area contributed by atoms with E-state index in [1.165, 1.54) is 0 Å². The van der Waals surface area contributed by atoms with Gasteiger partial charge in [0, 0.05) is 11.6 Å². The lowest BCUT2D eigenvalue weighted by molar-refractivity contribution is 1.31. The lowest BCUT2D eigenvalue weighted by Gasteiger charge is -1.95. The fraction of sp³-hybridized carbons (Fsp3) is 0. The highest BCUT2D eigenvalue weighted by Crippen LogP contribution is 2.10. The maximum Gasteiger partial charge on any atom is 0.124 e. The highest BCUT2D eigenvalue weighted by Gasteiger charge is 1.92. The van der Waals surface area contributed by atoms with Crippen molar-refractivity contribution in [3.8, 4) is 0 Å². The zero-order valence-corrected chi connectivity index (χ0v) is 5.86. The molecular weight excluding hydrogens is 138 g/mol. The van der Waals surface area contributed by atoms with Gasteiger partial charge in [-0.25, -0.2) is 4.98 Å². The minimum atomic E-state index is 0.533. The van der Waals surface area contributed by atoms with Crippen molar-refractivity contribution >= 4 is 16.7 Å². The second kappa shape index (κ2) is 2.20. The average Bonchev–Trinajstić information content (AvgIpc) is 2.04. The summed E-state index contributed by atoms with van der Waals surface area (Å²) in [5.41, 5.74) is 6.33. The summed E-state index contributed by atoms with van der Waals surface area (Å²) in [6.07, 6.45) is 3.44. The Bertz CT molecular complexity index is 384. The largest absolute Gasteiger partial charge is 0.384 e. The zero-order valence-electron chi connectivity index (χ0n) is 5.86. The molecule has 0 bridgehead atoms. The van der Waals surface area contributed by atoms with Crippen molar-refractivity contribution < 1.29 is 0 Å². The molecule has 2 rings (SSSR count). The fourth-order valence-corrected chi connectivity index (χ4v) is 0.983. The van der Waals surface area contributed by atoms with E-state index >= 15 is 0 Å². The van der Waals surface area contributed by atoms with Crippen molar-refractivity contribution in [1.29, 1.82) is 0 Å². The first-order chi connectivity index (χ1) is 5.36. The van der Waals surface area contributed by atoms with E-state index in [2.05, 4.69) is 9.97 Å². The first-order valence-electron chi connectivity index (χ1n) is 3.32. The van der Waals surface area contributed by atoms with Crippen molar-refractivity contribution in [3.05, 3.63) is 30.6 Å². The number of nitrogen functional groups attached to an aromatic ring is 1. The minimum Gasteiger partial charge on any atom is -0.384 e. The third kappa shape index (κ3) is 1.00. The number of anilines is 1. The van der Waals surface area contributed by atoms with E-state index in [0.29, 0.717) is 5.82 Å². The number of nitrogens with zero attached hydrogens (tertiary/aromatic N) is 2. The zero-order chi connectivity index (χ0) is 7.68. The van der Waals surface area contributed by atoms with Gasteiger partial charge in [-0.2, -0.15) is 0 Å². The molecule has 0 aliphatic heterocycles. The molecule has 0 atom stereocenters. The number of pyridine rings is 2. The standard InChI is InChI=1S/C8H7N3/c9-8-2-1-6-3-4-10-5-7(6)11-8/h1-5H,(H2,9,11). The molecule has 0 aromatic carbocycles. The van der Waals surface area contributed by atoms with Crippen molar-refractivity contribution in [2.75, 3.05) is 5.73 Å². The predicted molar refractivity (Wildman–Crippen MR) is 44.0 cm³/mol. The Kier molecular flexibility index (Phi) is 1.22. The summed E-state index contributed by atoms with van der Waals surface area (Å²) in [6.45, 7) is 0. The van der Waals surface area contributed by atoms with E-state index in [4.69, 9.17) is 5.73 Å². The van der Waals surface area contributed by atoms with Gasteiger partial charge >= 0.3 is 0 Å². The van der Waals surface area contributed by atoms with E-state index < -0.39 is 0 Å². The van der Waals surface area contributed by atoms with Gasteiger partial charge in [0.15, 0.2) is 0 Å². The maximum atomic E-state index is 5.48. The lowest BCUT2D eigenvalue weighted by atomic mass is 10.3. The first kappa shape index (κ1) is 6.09. The maximum absolute atomic E-state index is 5.48. The van der Waals surface area contributed by atoms with Gasteiger partial charge in [0.1, 0.15) is 5.82 Å². The van der Waals surface area contributed by atoms with Crippen molar-refractivity contribution in [2.45, 2.75) is 0 Å². The third-order valence-corrected chi connectivity index (χ3v) is 1.52. The molecule has 2 N–H and O–H groups in total. The van der Waals surface area contributed by atoms with Gasteiger partial charge in [0.05, 0.1) is 11.7 Å². The van der Waals surface area contributed by atoms with Crippen LogP contribution in [0, 0.1) is 0 Å². The molecule has 0 unspecified atom stereocenters. The number of nitrogens with two attached hydrogens (primary N) is 1. The van der Waals surface area contributed by atoms with Gasteiger partial charge in [-0.1, -0.05) is 0 Å². The Hall–Kier alpha value is -1.64. The molecule has 0 spiro atoms. The number of hydrogen-bond donors (Lipinski definition) is 1. The molecule has 2 aromatic rings. The van der Waals surface area contributed by atoms with Crippen LogP contribution in [-0.2, 0) is 0 Å². The first-order valence-corrected chi connectivity index (χ1v) is 3.32. The predicted octanol–water partition coefficient (Wildman–Crippen LogP) is 1.21. The fourth-order valence-electron chi connectivity index (χ4n) is 0.983. The van der Waals surface area contributed by atoms with Crippen LogP contribution in [0.25, 0.3) is 10.9 Å². The summed E-state index contributed by atoms with van der Waals surface area (Å²) in [6, 6.07) is 5.61. The molecule has 0 fully saturated rings. The molecule has 0 amide bonds. The summed E-state index contributed by atoms with van der Waals surface area (Å²) in [7, 11) is 0. The minimum absolute atomic E-state index is 0.533. The van der Waals surface area contributed by atoms with Crippen LogP contribution in [0.15, 0.2) is 30.6 Å². The molecule has 0 saturated carbocycles. The second-order valence-electron chi connectivity index (χ2n) is 2.30. The van der Waals surface area contributed by atoms with Crippen molar-refractivity contribution in [2.24, 2.45) is 0 Å². The van der Waals surface area contributed by atoms with Crippen molar-refractivity contribution in [1.82, 2.24) is 9.97 Å². The van der Waals surface area contributed by atoms with Gasteiger partial charge in [0.25, 0.3) is 0 Å². The summed E-state index contributed by atoms with van der Waals surface area (Å²) in [4.78, 5) is 8.03. The van der Waals surface area contributed by atoms with Gasteiger partial charge in [-0.3, -0.25) is 4.98 Å². The molecule has 3 nitrogen and oxygen atoms in total. The van der Waals surface area contributed by atoms with E-state index in [1.807, 2.05) is 12.1 Å². The molecule has 54 valence electrons. The van der Waals surface area contributed by atoms with Crippen LogP contribution < -0.4 is 5.73 Å². The molecule has 0 aliphatic rings. The smallest absolute Gasteiger partial charge is 0.124 e. The highest BCUT2D eigenvalue weighted by molar-refractivity contribution is 5.78. The molecule has 11 heavy (non-hydrogen) atoms.